The number of imidazole rings is 1. The van der Waals surface area contributed by atoms with Crippen LogP contribution in [0.3, 0.4) is 0 Å². The van der Waals surface area contributed by atoms with Crippen LogP contribution in [0.1, 0.15) is 5.69 Å². The number of morpholine rings is 1. The van der Waals surface area contributed by atoms with Gasteiger partial charge in [0.05, 0.1) is 25.1 Å². The van der Waals surface area contributed by atoms with Crippen molar-refractivity contribution in [2.45, 2.75) is 0 Å². The number of nitrogens with zero attached hydrogens (tertiary/aromatic N) is 3. The molecular weight excluding hydrogens is 336 g/mol. The van der Waals surface area contributed by atoms with Gasteiger partial charge in [0.25, 0.3) is 0 Å². The maximum absolute atomic E-state index is 12.1. The Balaban J connectivity index is 1.38. The van der Waals surface area contributed by atoms with Crippen molar-refractivity contribution in [1.29, 1.82) is 0 Å². The maximum atomic E-state index is 12.1. The third-order valence-corrected chi connectivity index (χ3v) is 4.86. The van der Waals surface area contributed by atoms with Gasteiger partial charge < -0.3 is 15.0 Å². The van der Waals surface area contributed by atoms with Crippen LogP contribution in [0.2, 0.25) is 0 Å². The first kappa shape index (κ1) is 15.9. The molecule has 1 aliphatic heterocycles. The number of fused-ring (bicyclic) bond motifs is 1. The van der Waals surface area contributed by atoms with E-state index in [9.17, 15) is 4.79 Å². The number of nitrogens with one attached hydrogen (secondary N) is 1. The minimum Gasteiger partial charge on any atom is -0.378 e. The van der Waals surface area contributed by atoms with E-state index in [-0.39, 0.29) is 5.91 Å². The molecule has 0 aliphatic carbocycles. The van der Waals surface area contributed by atoms with Crippen molar-refractivity contribution in [2.24, 2.45) is 0 Å². The van der Waals surface area contributed by atoms with E-state index in [0.717, 1.165) is 48.3 Å². The second-order valence-corrected chi connectivity index (χ2v) is 6.58. The molecule has 0 saturated carbocycles. The quantitative estimate of drug-likeness (QED) is 0.732. The number of rotatable bonds is 4. The summed E-state index contributed by atoms with van der Waals surface area (Å²) in [6.07, 6.45) is 6.99. The molecule has 0 atom stereocenters. The summed E-state index contributed by atoms with van der Waals surface area (Å²) in [7, 11) is 0. The van der Waals surface area contributed by atoms with Crippen LogP contribution in [-0.4, -0.2) is 41.6 Å². The Kier molecular flexibility index (Phi) is 4.49. The zero-order valence-corrected chi connectivity index (χ0v) is 14.4. The van der Waals surface area contributed by atoms with E-state index in [0.29, 0.717) is 0 Å². The van der Waals surface area contributed by atoms with E-state index in [2.05, 4.69) is 15.2 Å². The Morgan fingerprint density at radius 3 is 2.84 bits per heavy atom. The van der Waals surface area contributed by atoms with Gasteiger partial charge >= 0.3 is 0 Å². The number of hydrogen-bond acceptors (Lipinski definition) is 5. The Morgan fingerprint density at radius 2 is 2.04 bits per heavy atom. The Labute approximate surface area is 149 Å². The fourth-order valence-electron chi connectivity index (χ4n) is 2.79. The van der Waals surface area contributed by atoms with E-state index in [1.807, 2.05) is 40.2 Å². The van der Waals surface area contributed by atoms with Gasteiger partial charge in [-0.2, -0.15) is 0 Å². The predicted octanol–water partition coefficient (Wildman–Crippen LogP) is 2.88. The van der Waals surface area contributed by atoms with E-state index in [1.54, 1.807) is 23.6 Å². The molecule has 1 amide bonds. The van der Waals surface area contributed by atoms with Crippen LogP contribution in [0.15, 0.2) is 48.1 Å². The second-order valence-electron chi connectivity index (χ2n) is 5.71. The van der Waals surface area contributed by atoms with Gasteiger partial charge in [0.15, 0.2) is 4.96 Å². The molecule has 0 spiro atoms. The van der Waals surface area contributed by atoms with Gasteiger partial charge in [-0.1, -0.05) is 0 Å². The fourth-order valence-corrected chi connectivity index (χ4v) is 3.49. The van der Waals surface area contributed by atoms with Gasteiger partial charge in [0.1, 0.15) is 0 Å². The summed E-state index contributed by atoms with van der Waals surface area (Å²) in [5.74, 6) is -0.163. The molecule has 1 aliphatic rings. The van der Waals surface area contributed by atoms with Crippen molar-refractivity contribution < 1.29 is 9.53 Å². The molecule has 0 radical (unpaired) electrons. The lowest BCUT2D eigenvalue weighted by atomic mass is 10.2. The molecule has 0 unspecified atom stereocenters. The third-order valence-electron chi connectivity index (χ3n) is 4.09. The lowest BCUT2D eigenvalue weighted by Crippen LogP contribution is -2.36. The molecule has 4 rings (SSSR count). The van der Waals surface area contributed by atoms with Crippen LogP contribution in [0, 0.1) is 0 Å². The zero-order valence-electron chi connectivity index (χ0n) is 13.6. The summed E-state index contributed by atoms with van der Waals surface area (Å²) in [6, 6.07) is 7.89. The van der Waals surface area contributed by atoms with Gasteiger partial charge in [-0.3, -0.25) is 9.20 Å². The summed E-state index contributed by atoms with van der Waals surface area (Å²) < 4.78 is 7.31. The highest BCUT2D eigenvalue weighted by molar-refractivity contribution is 7.15. The molecule has 0 bridgehead atoms. The smallest absolute Gasteiger partial charge is 0.248 e. The Bertz CT molecular complexity index is 891. The molecule has 6 nitrogen and oxygen atoms in total. The molecule has 1 saturated heterocycles. The first-order valence-electron chi connectivity index (χ1n) is 8.12. The number of carbonyl (C=O) groups is 1. The average molecular weight is 354 g/mol. The molecule has 1 N–H and O–H groups in total. The van der Waals surface area contributed by atoms with E-state index < -0.39 is 0 Å². The van der Waals surface area contributed by atoms with Crippen LogP contribution >= 0.6 is 11.3 Å². The minimum absolute atomic E-state index is 0.163. The first-order valence-corrected chi connectivity index (χ1v) is 9.00. The molecule has 7 heteroatoms. The molecule has 3 heterocycles. The van der Waals surface area contributed by atoms with Crippen LogP contribution < -0.4 is 10.2 Å². The Morgan fingerprint density at radius 1 is 1.24 bits per heavy atom. The molecular formula is C18H18N4O2S. The minimum atomic E-state index is -0.163. The average Bonchev–Trinajstić information content (AvgIpc) is 3.25. The number of carbonyl (C=O) groups excluding carboxylic acids is 1. The number of thiazole rings is 1. The number of hydrogen-bond donors (Lipinski definition) is 1. The summed E-state index contributed by atoms with van der Waals surface area (Å²) in [5, 5.41) is 4.85. The van der Waals surface area contributed by atoms with Crippen molar-refractivity contribution in [2.75, 3.05) is 36.5 Å². The number of anilines is 2. The summed E-state index contributed by atoms with van der Waals surface area (Å²) in [5.41, 5.74) is 2.81. The SMILES string of the molecule is O=C(/C=C/c1cnc2sccn12)Nc1ccc(N2CCOCC2)cc1. The van der Waals surface area contributed by atoms with E-state index in [1.165, 1.54) is 6.08 Å². The van der Waals surface area contributed by atoms with E-state index in [4.69, 9.17) is 4.74 Å². The number of amides is 1. The summed E-state index contributed by atoms with van der Waals surface area (Å²) in [6.45, 7) is 3.32. The van der Waals surface area contributed by atoms with E-state index >= 15 is 0 Å². The summed E-state index contributed by atoms with van der Waals surface area (Å²) >= 11 is 1.56. The number of ether oxygens (including phenoxy) is 1. The molecule has 25 heavy (non-hydrogen) atoms. The highest BCUT2D eigenvalue weighted by atomic mass is 32.1. The summed E-state index contributed by atoms with van der Waals surface area (Å²) in [4.78, 5) is 19.6. The van der Waals surface area contributed by atoms with Crippen molar-refractivity contribution in [3.8, 4) is 0 Å². The highest BCUT2D eigenvalue weighted by Gasteiger charge is 2.11. The Hall–Kier alpha value is -2.64. The van der Waals surface area contributed by atoms with Crippen LogP contribution in [-0.2, 0) is 9.53 Å². The predicted molar refractivity (Wildman–Crippen MR) is 100 cm³/mol. The standard InChI is InChI=1S/C18H18N4O2S/c23-17(6-5-16-13-19-18-22(16)9-12-25-18)20-14-1-3-15(4-2-14)21-7-10-24-11-8-21/h1-6,9,12-13H,7-8,10-11H2,(H,20,23)/b6-5+. The number of aromatic nitrogens is 2. The molecule has 128 valence electrons. The normalized spacial score (nSPS) is 15.1. The lowest BCUT2D eigenvalue weighted by Gasteiger charge is -2.28. The second kappa shape index (κ2) is 7.08. The van der Waals surface area contributed by atoms with Gasteiger partial charge in [-0.05, 0) is 30.3 Å². The fraction of sp³-hybridized carbons (Fsp3) is 0.222. The van der Waals surface area contributed by atoms with Gasteiger partial charge in [0.2, 0.25) is 5.91 Å². The topological polar surface area (TPSA) is 58.9 Å². The first-order chi connectivity index (χ1) is 12.3. The zero-order chi connectivity index (χ0) is 17.1. The highest BCUT2D eigenvalue weighted by Crippen LogP contribution is 2.19. The monoisotopic (exact) mass is 354 g/mol. The lowest BCUT2D eigenvalue weighted by molar-refractivity contribution is -0.111. The van der Waals surface area contributed by atoms with Crippen molar-refractivity contribution in [3.05, 3.63) is 53.8 Å². The third kappa shape index (κ3) is 3.57. The van der Waals surface area contributed by atoms with Crippen LogP contribution in [0.25, 0.3) is 11.0 Å². The van der Waals surface area contributed by atoms with Crippen LogP contribution in [0.5, 0.6) is 0 Å². The van der Waals surface area contributed by atoms with Gasteiger partial charge in [-0.15, -0.1) is 11.3 Å². The van der Waals surface area contributed by atoms with Gasteiger partial charge in [-0.25, -0.2) is 4.98 Å². The largest absolute Gasteiger partial charge is 0.378 e. The number of benzene rings is 1. The molecule has 1 aromatic carbocycles. The van der Waals surface area contributed by atoms with Crippen molar-refractivity contribution in [1.82, 2.24) is 9.38 Å². The molecule has 2 aromatic heterocycles. The van der Waals surface area contributed by atoms with Gasteiger partial charge in [0, 0.05) is 42.1 Å². The van der Waals surface area contributed by atoms with Crippen molar-refractivity contribution in [3.63, 3.8) is 0 Å². The maximum Gasteiger partial charge on any atom is 0.248 e. The molecule has 1 fully saturated rings. The molecule has 3 aromatic rings. The van der Waals surface area contributed by atoms with Crippen molar-refractivity contribution >= 4 is 39.7 Å². The van der Waals surface area contributed by atoms with Crippen LogP contribution in [0.4, 0.5) is 11.4 Å².